The minimum Gasteiger partial charge on any atom is -0.187 e. The smallest absolute Gasteiger partial charge is 0.187 e. The molecule has 0 N–H and O–H groups in total. The summed E-state index contributed by atoms with van der Waals surface area (Å²) in [6, 6.07) is 10.2. The summed E-state index contributed by atoms with van der Waals surface area (Å²) in [4.78, 5) is 0.858. The Hall–Kier alpha value is -2.01. The normalized spacial score (nSPS) is 11.6. The summed E-state index contributed by atoms with van der Waals surface area (Å²) in [5.41, 5.74) is 1.17. The van der Waals surface area contributed by atoms with Crippen LogP contribution in [-0.2, 0) is 6.42 Å². The minimum absolute atomic E-state index is 0.858. The number of hydrogen-bond donors (Lipinski definition) is 0. The molecule has 19 heavy (non-hydrogen) atoms. The van der Waals surface area contributed by atoms with Gasteiger partial charge in [0.15, 0.2) is 5.82 Å². The van der Waals surface area contributed by atoms with Crippen LogP contribution in [0.2, 0.25) is 0 Å². The van der Waals surface area contributed by atoms with Crippen LogP contribution in [0.25, 0.3) is 17.1 Å². The fourth-order valence-corrected chi connectivity index (χ4v) is 2.61. The molecule has 0 aliphatic heterocycles. The molecule has 0 bridgehead atoms. The molecule has 0 radical (unpaired) electrons. The molecule has 5 heteroatoms. The molecule has 0 saturated heterocycles. The van der Waals surface area contributed by atoms with Crippen LogP contribution in [-0.4, -0.2) is 19.8 Å². The van der Waals surface area contributed by atoms with Crippen molar-refractivity contribution in [1.29, 1.82) is 0 Å². The maximum absolute atomic E-state index is 4.53. The first-order valence-electron chi connectivity index (χ1n) is 6.31. The molecule has 0 spiro atoms. The van der Waals surface area contributed by atoms with Crippen molar-refractivity contribution in [2.24, 2.45) is 0 Å². The number of fused-ring (bicyclic) bond motifs is 1. The minimum atomic E-state index is 0.858. The van der Waals surface area contributed by atoms with Gasteiger partial charge in [-0.15, -0.1) is 10.2 Å². The third-order valence-electron chi connectivity index (χ3n) is 2.76. The maximum Gasteiger partial charge on any atom is 0.234 e. The first kappa shape index (κ1) is 12.0. The molecule has 3 aromatic rings. The van der Waals surface area contributed by atoms with Crippen LogP contribution in [0, 0.1) is 0 Å². The van der Waals surface area contributed by atoms with Crippen molar-refractivity contribution >= 4 is 28.4 Å². The predicted octanol–water partition coefficient (Wildman–Crippen LogP) is 3.31. The largest absolute Gasteiger partial charge is 0.234 e. The SMILES string of the molecule is CCCc1nnc2sc(/C=C/c3ccccc3)nn12. The second-order valence-corrected chi connectivity index (χ2v) is 5.23. The van der Waals surface area contributed by atoms with Gasteiger partial charge in [-0.3, -0.25) is 0 Å². The van der Waals surface area contributed by atoms with E-state index in [0.717, 1.165) is 28.6 Å². The quantitative estimate of drug-likeness (QED) is 0.730. The standard InChI is InChI=1S/C14H14N4S/c1-2-6-12-15-16-14-18(12)17-13(19-14)10-9-11-7-4-3-5-8-11/h3-5,7-10H,2,6H2,1H3/b10-9+. The number of hydrogen-bond acceptors (Lipinski definition) is 4. The number of aryl methyl sites for hydroxylation is 1. The Bertz CT molecular complexity index is 697. The first-order chi connectivity index (χ1) is 9.36. The summed E-state index contributed by atoms with van der Waals surface area (Å²) in [5.74, 6) is 0.938. The fraction of sp³-hybridized carbons (Fsp3) is 0.214. The van der Waals surface area contributed by atoms with Crippen molar-refractivity contribution < 1.29 is 0 Å². The fourth-order valence-electron chi connectivity index (χ4n) is 1.85. The molecule has 0 unspecified atom stereocenters. The van der Waals surface area contributed by atoms with Crippen molar-refractivity contribution in [3.8, 4) is 0 Å². The zero-order valence-electron chi connectivity index (χ0n) is 10.7. The number of aromatic nitrogens is 4. The Labute approximate surface area is 115 Å². The van der Waals surface area contributed by atoms with Crippen LogP contribution in [0.1, 0.15) is 29.7 Å². The molecule has 0 saturated carbocycles. The summed E-state index contributed by atoms with van der Waals surface area (Å²) in [6.45, 7) is 2.13. The third kappa shape index (κ3) is 2.56. The second-order valence-electron chi connectivity index (χ2n) is 4.24. The molecule has 0 aliphatic rings. The van der Waals surface area contributed by atoms with Crippen LogP contribution in [0.5, 0.6) is 0 Å². The zero-order valence-corrected chi connectivity index (χ0v) is 11.5. The van der Waals surface area contributed by atoms with Gasteiger partial charge in [0, 0.05) is 6.42 Å². The highest BCUT2D eigenvalue weighted by Crippen LogP contribution is 2.17. The Morgan fingerprint density at radius 1 is 1.16 bits per heavy atom. The molecule has 1 aromatic carbocycles. The topological polar surface area (TPSA) is 43.1 Å². The second kappa shape index (κ2) is 5.32. The van der Waals surface area contributed by atoms with Crippen LogP contribution in [0.3, 0.4) is 0 Å². The summed E-state index contributed by atoms with van der Waals surface area (Å²) < 4.78 is 1.85. The number of benzene rings is 1. The molecule has 2 heterocycles. The Morgan fingerprint density at radius 3 is 2.79 bits per heavy atom. The van der Waals surface area contributed by atoms with E-state index in [9.17, 15) is 0 Å². The van der Waals surface area contributed by atoms with Crippen molar-refractivity contribution in [3.05, 3.63) is 46.7 Å². The third-order valence-corrected chi connectivity index (χ3v) is 3.63. The van der Waals surface area contributed by atoms with Gasteiger partial charge in [-0.25, -0.2) is 0 Å². The molecule has 3 rings (SSSR count). The van der Waals surface area contributed by atoms with E-state index < -0.39 is 0 Å². The van der Waals surface area contributed by atoms with Gasteiger partial charge in [-0.05, 0) is 18.1 Å². The highest BCUT2D eigenvalue weighted by molar-refractivity contribution is 7.17. The van der Waals surface area contributed by atoms with Crippen LogP contribution >= 0.6 is 11.3 Å². The number of rotatable bonds is 4. The molecular weight excluding hydrogens is 256 g/mol. The average Bonchev–Trinajstić information content (AvgIpc) is 3.00. The van der Waals surface area contributed by atoms with Gasteiger partial charge in [0.05, 0.1) is 0 Å². The van der Waals surface area contributed by atoms with Gasteiger partial charge in [0.25, 0.3) is 0 Å². The molecule has 2 aromatic heterocycles. The van der Waals surface area contributed by atoms with E-state index in [1.165, 1.54) is 5.56 Å². The first-order valence-corrected chi connectivity index (χ1v) is 7.12. The lowest BCUT2D eigenvalue weighted by Crippen LogP contribution is -1.94. The summed E-state index contributed by atoms with van der Waals surface area (Å²) in [7, 11) is 0. The highest BCUT2D eigenvalue weighted by Gasteiger charge is 2.08. The molecular formula is C14H14N4S. The lowest BCUT2D eigenvalue weighted by Gasteiger charge is -1.91. The van der Waals surface area contributed by atoms with Crippen LogP contribution in [0.15, 0.2) is 30.3 Å². The van der Waals surface area contributed by atoms with Gasteiger partial charge in [0.1, 0.15) is 5.01 Å². The lowest BCUT2D eigenvalue weighted by molar-refractivity contribution is 0.775. The van der Waals surface area contributed by atoms with E-state index in [0.29, 0.717) is 0 Å². The zero-order chi connectivity index (χ0) is 13.1. The van der Waals surface area contributed by atoms with Crippen molar-refractivity contribution in [2.75, 3.05) is 0 Å². The average molecular weight is 270 g/mol. The summed E-state index contributed by atoms with van der Waals surface area (Å²) >= 11 is 1.55. The molecule has 96 valence electrons. The van der Waals surface area contributed by atoms with E-state index in [1.807, 2.05) is 28.8 Å². The lowest BCUT2D eigenvalue weighted by atomic mass is 10.2. The van der Waals surface area contributed by atoms with Gasteiger partial charge in [-0.2, -0.15) is 9.61 Å². The van der Waals surface area contributed by atoms with Crippen molar-refractivity contribution in [1.82, 2.24) is 19.8 Å². The Balaban J connectivity index is 1.87. The van der Waals surface area contributed by atoms with E-state index in [2.05, 4.69) is 40.4 Å². The van der Waals surface area contributed by atoms with Crippen LogP contribution in [0.4, 0.5) is 0 Å². The molecule has 0 aliphatic carbocycles. The number of nitrogens with zero attached hydrogens (tertiary/aromatic N) is 4. The molecule has 4 nitrogen and oxygen atoms in total. The van der Waals surface area contributed by atoms with Gasteiger partial charge in [-0.1, -0.05) is 54.7 Å². The van der Waals surface area contributed by atoms with Crippen molar-refractivity contribution in [3.63, 3.8) is 0 Å². The van der Waals surface area contributed by atoms with Gasteiger partial charge >= 0.3 is 0 Å². The molecule has 0 amide bonds. The highest BCUT2D eigenvalue weighted by atomic mass is 32.1. The van der Waals surface area contributed by atoms with Gasteiger partial charge < -0.3 is 0 Å². The Morgan fingerprint density at radius 2 is 2.00 bits per heavy atom. The van der Waals surface area contributed by atoms with Gasteiger partial charge in [0.2, 0.25) is 4.96 Å². The van der Waals surface area contributed by atoms with Crippen molar-refractivity contribution in [2.45, 2.75) is 19.8 Å². The predicted molar refractivity (Wildman–Crippen MR) is 78.0 cm³/mol. The van der Waals surface area contributed by atoms with E-state index in [-0.39, 0.29) is 0 Å². The van der Waals surface area contributed by atoms with E-state index in [4.69, 9.17) is 0 Å². The van der Waals surface area contributed by atoms with Crippen LogP contribution < -0.4 is 0 Å². The van der Waals surface area contributed by atoms with E-state index >= 15 is 0 Å². The molecule has 0 atom stereocenters. The monoisotopic (exact) mass is 270 g/mol. The molecule has 0 fully saturated rings. The Kier molecular flexibility index (Phi) is 3.37. The summed E-state index contributed by atoms with van der Waals surface area (Å²) in [6.07, 6.45) is 6.04. The summed E-state index contributed by atoms with van der Waals surface area (Å²) in [5, 5.41) is 13.8. The van der Waals surface area contributed by atoms with E-state index in [1.54, 1.807) is 11.3 Å². The maximum atomic E-state index is 4.53.